The second-order valence-corrected chi connectivity index (χ2v) is 4.00. The van der Waals surface area contributed by atoms with Crippen molar-refractivity contribution in [1.82, 2.24) is 4.98 Å². The molecule has 1 aromatic carbocycles. The zero-order valence-corrected chi connectivity index (χ0v) is 11.2. The van der Waals surface area contributed by atoms with E-state index in [1.807, 2.05) is 0 Å². The van der Waals surface area contributed by atoms with Gasteiger partial charge in [-0.05, 0) is 24.3 Å². The zero-order chi connectivity index (χ0) is 14.5. The van der Waals surface area contributed by atoms with Gasteiger partial charge in [-0.3, -0.25) is 4.79 Å². The Bertz CT molecular complexity index is 607. The van der Waals surface area contributed by atoms with Crippen LogP contribution in [0, 0.1) is 0 Å². The number of amides is 1. The lowest BCUT2D eigenvalue weighted by atomic mass is 10.2. The van der Waals surface area contributed by atoms with Crippen molar-refractivity contribution >= 4 is 17.4 Å². The largest absolute Gasteiger partial charge is 0.497 e. The van der Waals surface area contributed by atoms with Crippen LogP contribution < -0.4 is 20.5 Å². The number of nitrogens with one attached hydrogen (secondary N) is 1. The molecule has 1 aromatic heterocycles. The lowest BCUT2D eigenvalue weighted by Gasteiger charge is -2.09. The van der Waals surface area contributed by atoms with Crippen molar-refractivity contribution in [2.75, 3.05) is 25.3 Å². The van der Waals surface area contributed by atoms with Gasteiger partial charge >= 0.3 is 0 Å². The second-order valence-electron chi connectivity index (χ2n) is 4.00. The minimum atomic E-state index is -0.340. The van der Waals surface area contributed by atoms with Crippen LogP contribution in [0.1, 0.15) is 10.4 Å². The van der Waals surface area contributed by atoms with Crippen molar-refractivity contribution in [3.8, 4) is 11.5 Å². The molecule has 1 heterocycles. The van der Waals surface area contributed by atoms with Crippen molar-refractivity contribution in [2.45, 2.75) is 0 Å². The fourth-order valence-corrected chi connectivity index (χ4v) is 1.64. The van der Waals surface area contributed by atoms with Crippen molar-refractivity contribution in [2.24, 2.45) is 0 Å². The van der Waals surface area contributed by atoms with Crippen LogP contribution in [0.5, 0.6) is 11.5 Å². The normalized spacial score (nSPS) is 9.90. The Hall–Kier alpha value is -2.76. The van der Waals surface area contributed by atoms with E-state index in [2.05, 4.69) is 10.3 Å². The second kappa shape index (κ2) is 5.92. The van der Waals surface area contributed by atoms with Crippen LogP contribution in [0.2, 0.25) is 0 Å². The summed E-state index contributed by atoms with van der Waals surface area (Å²) in [5, 5.41) is 2.64. The predicted octanol–water partition coefficient (Wildman–Crippen LogP) is 1.93. The van der Waals surface area contributed by atoms with E-state index in [9.17, 15) is 4.79 Å². The number of nitrogens with two attached hydrogens (primary N) is 1. The maximum absolute atomic E-state index is 12.2. The van der Waals surface area contributed by atoms with Gasteiger partial charge in [-0.15, -0.1) is 0 Å². The molecule has 20 heavy (non-hydrogen) atoms. The van der Waals surface area contributed by atoms with Gasteiger partial charge in [0.05, 0.1) is 19.9 Å². The van der Waals surface area contributed by atoms with Gasteiger partial charge < -0.3 is 20.5 Å². The van der Waals surface area contributed by atoms with Crippen LogP contribution in [-0.4, -0.2) is 25.1 Å². The van der Waals surface area contributed by atoms with Gasteiger partial charge in [0, 0.05) is 17.8 Å². The quantitative estimate of drug-likeness (QED) is 0.889. The Balaban J connectivity index is 2.27. The van der Waals surface area contributed by atoms with Crippen LogP contribution >= 0.6 is 0 Å². The number of anilines is 2. The number of carbonyl (C=O) groups is 1. The SMILES string of the molecule is COc1cc(OC)cc(C(=O)Nc2ncccc2N)c1. The Morgan fingerprint density at radius 3 is 2.40 bits per heavy atom. The first-order valence-electron chi connectivity index (χ1n) is 5.89. The number of carbonyl (C=O) groups excluding carboxylic acids is 1. The minimum Gasteiger partial charge on any atom is -0.497 e. The molecule has 3 N–H and O–H groups in total. The van der Waals surface area contributed by atoms with Gasteiger partial charge in [-0.1, -0.05) is 0 Å². The molecule has 0 saturated carbocycles. The van der Waals surface area contributed by atoms with Crippen molar-refractivity contribution in [3.05, 3.63) is 42.1 Å². The Morgan fingerprint density at radius 1 is 1.20 bits per heavy atom. The molecule has 1 amide bonds. The summed E-state index contributed by atoms with van der Waals surface area (Å²) in [5.41, 5.74) is 6.53. The van der Waals surface area contributed by atoms with E-state index in [1.165, 1.54) is 14.2 Å². The summed E-state index contributed by atoms with van der Waals surface area (Å²) in [7, 11) is 3.04. The molecule has 0 radical (unpaired) electrons. The average molecular weight is 273 g/mol. The summed E-state index contributed by atoms with van der Waals surface area (Å²) < 4.78 is 10.2. The van der Waals surface area contributed by atoms with E-state index in [1.54, 1.807) is 36.5 Å². The van der Waals surface area contributed by atoms with Crippen LogP contribution in [0.15, 0.2) is 36.5 Å². The number of pyridine rings is 1. The van der Waals surface area contributed by atoms with Crippen molar-refractivity contribution < 1.29 is 14.3 Å². The summed E-state index contributed by atoms with van der Waals surface area (Å²) in [5.74, 6) is 1.04. The van der Waals surface area contributed by atoms with E-state index < -0.39 is 0 Å². The van der Waals surface area contributed by atoms with Crippen LogP contribution in [0.25, 0.3) is 0 Å². The van der Waals surface area contributed by atoms with Gasteiger partial charge in [0.2, 0.25) is 0 Å². The van der Waals surface area contributed by atoms with E-state index in [0.29, 0.717) is 28.6 Å². The Kier molecular flexibility index (Phi) is 4.05. The zero-order valence-electron chi connectivity index (χ0n) is 11.2. The highest BCUT2D eigenvalue weighted by atomic mass is 16.5. The lowest BCUT2D eigenvalue weighted by molar-refractivity contribution is 0.102. The molecule has 2 aromatic rings. The Labute approximate surface area is 116 Å². The highest BCUT2D eigenvalue weighted by molar-refractivity contribution is 6.05. The summed E-state index contributed by atoms with van der Waals surface area (Å²) in [6.45, 7) is 0. The summed E-state index contributed by atoms with van der Waals surface area (Å²) in [6, 6.07) is 8.26. The third kappa shape index (κ3) is 2.97. The summed E-state index contributed by atoms with van der Waals surface area (Å²) >= 11 is 0. The number of hydrogen-bond donors (Lipinski definition) is 2. The fourth-order valence-electron chi connectivity index (χ4n) is 1.64. The first-order valence-corrected chi connectivity index (χ1v) is 5.89. The standard InChI is InChI=1S/C14H15N3O3/c1-19-10-6-9(7-11(8-10)20-2)14(18)17-13-12(15)4-3-5-16-13/h3-8H,15H2,1-2H3,(H,16,17,18). The van der Waals surface area contributed by atoms with Gasteiger partial charge in [0.15, 0.2) is 5.82 Å². The predicted molar refractivity (Wildman–Crippen MR) is 76.1 cm³/mol. The fraction of sp³-hybridized carbons (Fsp3) is 0.143. The molecule has 6 nitrogen and oxygen atoms in total. The number of nitrogen functional groups attached to an aromatic ring is 1. The number of benzene rings is 1. The van der Waals surface area contributed by atoms with Crippen LogP contribution in [0.4, 0.5) is 11.5 Å². The number of methoxy groups -OCH3 is 2. The highest BCUT2D eigenvalue weighted by Gasteiger charge is 2.11. The number of aromatic nitrogens is 1. The van der Waals surface area contributed by atoms with E-state index in [0.717, 1.165) is 0 Å². The Morgan fingerprint density at radius 2 is 1.85 bits per heavy atom. The van der Waals surface area contributed by atoms with Gasteiger partial charge in [-0.2, -0.15) is 0 Å². The van der Waals surface area contributed by atoms with Crippen molar-refractivity contribution in [3.63, 3.8) is 0 Å². The first-order chi connectivity index (χ1) is 9.63. The molecule has 0 aliphatic carbocycles. The van der Waals surface area contributed by atoms with Crippen molar-refractivity contribution in [1.29, 1.82) is 0 Å². The smallest absolute Gasteiger partial charge is 0.257 e. The third-order valence-electron chi connectivity index (χ3n) is 2.68. The molecule has 0 aliphatic rings. The third-order valence-corrected chi connectivity index (χ3v) is 2.68. The average Bonchev–Trinajstić information content (AvgIpc) is 2.48. The summed E-state index contributed by atoms with van der Waals surface area (Å²) in [4.78, 5) is 16.2. The van der Waals surface area contributed by atoms with E-state index >= 15 is 0 Å². The van der Waals surface area contributed by atoms with Gasteiger partial charge in [-0.25, -0.2) is 4.98 Å². The molecular formula is C14H15N3O3. The molecule has 0 aliphatic heterocycles. The van der Waals surface area contributed by atoms with Crippen LogP contribution in [0.3, 0.4) is 0 Å². The maximum Gasteiger partial charge on any atom is 0.257 e. The molecule has 0 saturated heterocycles. The van der Waals surface area contributed by atoms with Crippen LogP contribution in [-0.2, 0) is 0 Å². The first kappa shape index (κ1) is 13.7. The molecule has 6 heteroatoms. The highest BCUT2D eigenvalue weighted by Crippen LogP contribution is 2.23. The number of hydrogen-bond acceptors (Lipinski definition) is 5. The topological polar surface area (TPSA) is 86.5 Å². The minimum absolute atomic E-state index is 0.319. The lowest BCUT2D eigenvalue weighted by Crippen LogP contribution is -2.14. The van der Waals surface area contributed by atoms with Gasteiger partial charge in [0.1, 0.15) is 11.5 Å². The molecule has 0 unspecified atom stereocenters. The molecule has 0 atom stereocenters. The molecule has 0 fully saturated rings. The molecule has 104 valence electrons. The summed E-state index contributed by atoms with van der Waals surface area (Å²) in [6.07, 6.45) is 1.55. The van der Waals surface area contributed by atoms with Gasteiger partial charge in [0.25, 0.3) is 5.91 Å². The van der Waals surface area contributed by atoms with E-state index in [4.69, 9.17) is 15.2 Å². The number of nitrogens with zero attached hydrogens (tertiary/aromatic N) is 1. The molecule has 0 bridgehead atoms. The monoisotopic (exact) mass is 273 g/mol. The number of rotatable bonds is 4. The maximum atomic E-state index is 12.2. The molecule has 0 spiro atoms. The molecule has 2 rings (SSSR count). The number of ether oxygens (including phenoxy) is 2. The molecular weight excluding hydrogens is 258 g/mol. The van der Waals surface area contributed by atoms with E-state index in [-0.39, 0.29) is 5.91 Å².